The van der Waals surface area contributed by atoms with Gasteiger partial charge in [-0.3, -0.25) is 4.40 Å². The van der Waals surface area contributed by atoms with Crippen molar-refractivity contribution in [1.29, 1.82) is 0 Å². The van der Waals surface area contributed by atoms with Gasteiger partial charge in [0.2, 0.25) is 0 Å². The fourth-order valence-electron chi connectivity index (χ4n) is 2.80. The van der Waals surface area contributed by atoms with E-state index in [1.807, 2.05) is 34.7 Å². The highest BCUT2D eigenvalue weighted by Crippen LogP contribution is 2.28. The summed E-state index contributed by atoms with van der Waals surface area (Å²) in [6.45, 7) is 0. The third-order valence-corrected chi connectivity index (χ3v) is 3.91. The van der Waals surface area contributed by atoms with Crippen LogP contribution < -0.4 is 11.5 Å². The number of anilines is 2. The molecule has 4 rings (SSSR count). The highest BCUT2D eigenvalue weighted by molar-refractivity contribution is 5.89. The number of fused-ring (bicyclic) bond motifs is 3. The number of nitrogens with two attached hydrogens (primary N) is 2. The third-order valence-electron chi connectivity index (χ3n) is 3.91. The highest BCUT2D eigenvalue weighted by Gasteiger charge is 2.12. The van der Waals surface area contributed by atoms with Crippen molar-refractivity contribution in [2.24, 2.45) is 0 Å². The molecular weight excluding hydrogens is 274 g/mol. The predicted molar refractivity (Wildman–Crippen MR) is 88.6 cm³/mol. The zero-order valence-corrected chi connectivity index (χ0v) is 11.9. The van der Waals surface area contributed by atoms with Crippen LogP contribution in [-0.2, 0) is 6.42 Å². The third kappa shape index (κ3) is 1.87. The van der Waals surface area contributed by atoms with Crippen molar-refractivity contribution in [2.75, 3.05) is 11.5 Å². The Balaban J connectivity index is 2.00. The maximum absolute atomic E-state index is 6.20. The monoisotopic (exact) mass is 289 g/mol. The lowest BCUT2D eigenvalue weighted by Gasteiger charge is -2.12. The summed E-state index contributed by atoms with van der Waals surface area (Å²) in [5.74, 6) is 0.463. The predicted octanol–water partition coefficient (Wildman–Crippen LogP) is 2.64. The molecule has 4 aromatic rings. The summed E-state index contributed by atoms with van der Waals surface area (Å²) >= 11 is 0. The molecule has 0 aliphatic heterocycles. The van der Waals surface area contributed by atoms with Crippen LogP contribution in [0.3, 0.4) is 0 Å². The molecule has 0 saturated heterocycles. The Bertz CT molecular complexity index is 973. The van der Waals surface area contributed by atoms with Gasteiger partial charge in [0, 0.05) is 17.7 Å². The van der Waals surface area contributed by atoms with E-state index in [9.17, 15) is 0 Å². The summed E-state index contributed by atoms with van der Waals surface area (Å²) in [6.07, 6.45) is 4.18. The Labute approximate surface area is 127 Å². The Hall–Kier alpha value is -3.08. The van der Waals surface area contributed by atoms with Crippen molar-refractivity contribution >= 4 is 28.1 Å². The van der Waals surface area contributed by atoms with Crippen LogP contribution in [0.25, 0.3) is 16.6 Å². The summed E-state index contributed by atoms with van der Waals surface area (Å²) in [5.41, 5.74) is 17.8. The second kappa shape index (κ2) is 4.73. The van der Waals surface area contributed by atoms with Gasteiger partial charge in [-0.25, -0.2) is 9.97 Å². The van der Waals surface area contributed by atoms with Crippen LogP contribution in [0.1, 0.15) is 11.1 Å². The summed E-state index contributed by atoms with van der Waals surface area (Å²) in [5, 5.41) is 0. The smallest absolute Gasteiger partial charge is 0.150 e. The van der Waals surface area contributed by atoms with Crippen LogP contribution in [0.5, 0.6) is 0 Å². The molecule has 0 amide bonds. The Kier molecular flexibility index (Phi) is 2.72. The first-order valence-corrected chi connectivity index (χ1v) is 7.06. The summed E-state index contributed by atoms with van der Waals surface area (Å²) in [7, 11) is 0. The number of benzene rings is 2. The van der Waals surface area contributed by atoms with E-state index in [1.54, 1.807) is 12.5 Å². The average Bonchev–Trinajstić information content (AvgIpc) is 3.02. The first-order valence-electron chi connectivity index (χ1n) is 7.06. The van der Waals surface area contributed by atoms with Crippen molar-refractivity contribution in [2.45, 2.75) is 6.42 Å². The topological polar surface area (TPSA) is 82.2 Å². The molecule has 0 spiro atoms. The lowest BCUT2D eigenvalue weighted by atomic mass is 10.0. The van der Waals surface area contributed by atoms with E-state index in [0.29, 0.717) is 5.82 Å². The van der Waals surface area contributed by atoms with E-state index in [0.717, 1.165) is 34.2 Å². The molecule has 0 aliphatic rings. The molecule has 0 atom stereocenters. The molecule has 22 heavy (non-hydrogen) atoms. The van der Waals surface area contributed by atoms with E-state index in [1.165, 1.54) is 5.56 Å². The van der Waals surface area contributed by atoms with E-state index < -0.39 is 0 Å². The SMILES string of the molecule is Nc1ccc2c(nc(N)c3cncn32)c1Cc1ccccc1. The molecule has 0 unspecified atom stereocenters. The van der Waals surface area contributed by atoms with Crippen LogP contribution in [0, 0.1) is 0 Å². The van der Waals surface area contributed by atoms with Gasteiger partial charge in [0.05, 0.1) is 23.6 Å². The fourth-order valence-corrected chi connectivity index (χ4v) is 2.80. The molecule has 0 bridgehead atoms. The lowest BCUT2D eigenvalue weighted by Crippen LogP contribution is -2.03. The average molecular weight is 289 g/mol. The number of aromatic nitrogens is 3. The van der Waals surface area contributed by atoms with Crippen LogP contribution in [0.4, 0.5) is 11.5 Å². The maximum Gasteiger partial charge on any atom is 0.150 e. The molecule has 2 aromatic carbocycles. The summed E-state index contributed by atoms with van der Waals surface area (Å²) < 4.78 is 1.95. The molecule has 5 nitrogen and oxygen atoms in total. The van der Waals surface area contributed by atoms with Crippen LogP contribution in [-0.4, -0.2) is 14.4 Å². The second-order valence-electron chi connectivity index (χ2n) is 5.31. The number of hydrogen-bond donors (Lipinski definition) is 2. The van der Waals surface area contributed by atoms with Crippen molar-refractivity contribution in [3.05, 3.63) is 66.1 Å². The fraction of sp³-hybridized carbons (Fsp3) is 0.0588. The van der Waals surface area contributed by atoms with E-state index in [2.05, 4.69) is 22.1 Å². The van der Waals surface area contributed by atoms with Crippen LogP contribution >= 0.6 is 0 Å². The molecule has 2 heterocycles. The largest absolute Gasteiger partial charge is 0.398 e. The van der Waals surface area contributed by atoms with Gasteiger partial charge < -0.3 is 11.5 Å². The van der Waals surface area contributed by atoms with Gasteiger partial charge in [-0.2, -0.15) is 0 Å². The number of nitrogen functional groups attached to an aromatic ring is 2. The second-order valence-corrected chi connectivity index (χ2v) is 5.31. The minimum atomic E-state index is 0.463. The number of nitrogens with zero attached hydrogens (tertiary/aromatic N) is 3. The standard InChI is InChI=1S/C17H15N5/c18-13-6-7-14-16(12(13)8-11-4-2-1-3-5-11)21-17(19)15-9-20-10-22(14)15/h1-7,9-10H,8,18H2,(H2,19,21). The molecule has 0 saturated carbocycles. The number of hydrogen-bond acceptors (Lipinski definition) is 4. The number of rotatable bonds is 2. The molecule has 0 radical (unpaired) electrons. The summed E-state index contributed by atoms with van der Waals surface area (Å²) in [4.78, 5) is 8.73. The van der Waals surface area contributed by atoms with Crippen molar-refractivity contribution in [3.8, 4) is 0 Å². The zero-order chi connectivity index (χ0) is 15.1. The molecular formula is C17H15N5. The van der Waals surface area contributed by atoms with Crippen LogP contribution in [0.15, 0.2) is 55.0 Å². The first-order chi connectivity index (χ1) is 10.7. The van der Waals surface area contributed by atoms with Gasteiger partial charge in [0.25, 0.3) is 0 Å². The highest BCUT2D eigenvalue weighted by atomic mass is 15.0. The quantitative estimate of drug-likeness (QED) is 0.556. The molecule has 0 fully saturated rings. The number of imidazole rings is 1. The maximum atomic E-state index is 6.20. The van der Waals surface area contributed by atoms with Crippen molar-refractivity contribution in [3.63, 3.8) is 0 Å². The Morgan fingerprint density at radius 1 is 0.955 bits per heavy atom. The Morgan fingerprint density at radius 3 is 2.59 bits per heavy atom. The van der Waals surface area contributed by atoms with Gasteiger partial charge >= 0.3 is 0 Å². The van der Waals surface area contributed by atoms with Crippen molar-refractivity contribution < 1.29 is 0 Å². The van der Waals surface area contributed by atoms with Gasteiger partial charge in [0.15, 0.2) is 0 Å². The molecule has 108 valence electrons. The lowest BCUT2D eigenvalue weighted by molar-refractivity contribution is 1.16. The van der Waals surface area contributed by atoms with Gasteiger partial charge in [-0.15, -0.1) is 0 Å². The van der Waals surface area contributed by atoms with Gasteiger partial charge in [-0.05, 0) is 17.7 Å². The van der Waals surface area contributed by atoms with Crippen molar-refractivity contribution in [1.82, 2.24) is 14.4 Å². The van der Waals surface area contributed by atoms with Gasteiger partial charge in [0.1, 0.15) is 11.3 Å². The Morgan fingerprint density at radius 2 is 1.77 bits per heavy atom. The van der Waals surface area contributed by atoms with E-state index in [-0.39, 0.29) is 0 Å². The first kappa shape index (κ1) is 12.6. The summed E-state index contributed by atoms with van der Waals surface area (Å²) in [6, 6.07) is 14.1. The van der Waals surface area contributed by atoms with Gasteiger partial charge in [-0.1, -0.05) is 30.3 Å². The van der Waals surface area contributed by atoms with Crippen LogP contribution in [0.2, 0.25) is 0 Å². The molecule has 0 aliphatic carbocycles. The normalized spacial score (nSPS) is 11.3. The molecule has 2 aromatic heterocycles. The van der Waals surface area contributed by atoms with E-state index >= 15 is 0 Å². The van der Waals surface area contributed by atoms with E-state index in [4.69, 9.17) is 11.5 Å². The molecule has 5 heteroatoms. The molecule has 4 N–H and O–H groups in total. The zero-order valence-electron chi connectivity index (χ0n) is 11.9. The minimum Gasteiger partial charge on any atom is -0.398 e. The minimum absolute atomic E-state index is 0.463.